The van der Waals surface area contributed by atoms with E-state index in [1.807, 2.05) is 0 Å². The third kappa shape index (κ3) is 3.04. The van der Waals surface area contributed by atoms with Crippen LogP contribution in [-0.4, -0.2) is 31.4 Å². The summed E-state index contributed by atoms with van der Waals surface area (Å²) in [7, 11) is 1.58. The van der Waals surface area contributed by atoms with Crippen LogP contribution >= 0.6 is 11.3 Å². The minimum absolute atomic E-state index is 0.285. The van der Waals surface area contributed by atoms with Gasteiger partial charge in [-0.2, -0.15) is 0 Å². The van der Waals surface area contributed by atoms with Crippen LogP contribution in [0.3, 0.4) is 0 Å². The minimum Gasteiger partial charge on any atom is -0.490 e. The largest absolute Gasteiger partial charge is 0.490 e. The summed E-state index contributed by atoms with van der Waals surface area (Å²) in [6.45, 7) is 0.935. The Bertz CT molecular complexity index is 281. The van der Waals surface area contributed by atoms with Gasteiger partial charge >= 0.3 is 5.97 Å². The Morgan fingerprint density at radius 1 is 1.62 bits per heavy atom. The van der Waals surface area contributed by atoms with Crippen molar-refractivity contribution in [3.8, 4) is 5.75 Å². The molecule has 0 bridgehead atoms. The van der Waals surface area contributed by atoms with E-state index < -0.39 is 5.97 Å². The Morgan fingerprint density at radius 3 is 2.92 bits per heavy atom. The van der Waals surface area contributed by atoms with Crippen molar-refractivity contribution in [1.29, 1.82) is 0 Å². The molecule has 5 heteroatoms. The molecule has 0 saturated heterocycles. The van der Waals surface area contributed by atoms with Gasteiger partial charge in [0, 0.05) is 18.6 Å². The lowest BCUT2D eigenvalue weighted by atomic mass is 10.4. The van der Waals surface area contributed by atoms with Gasteiger partial charge in [0.05, 0.1) is 6.61 Å². The maximum absolute atomic E-state index is 10.5. The standard InChI is InChI=1S/C8H10O4S/c1-11-2-3-12-6-4-7(8(9)10)13-5-6/h4-5H,2-3H2,1H3,(H,9,10). The second-order valence-corrected chi connectivity index (χ2v) is 3.20. The van der Waals surface area contributed by atoms with E-state index in [2.05, 4.69) is 0 Å². The van der Waals surface area contributed by atoms with E-state index >= 15 is 0 Å². The highest BCUT2D eigenvalue weighted by atomic mass is 32.1. The molecular weight excluding hydrogens is 192 g/mol. The molecule has 0 amide bonds. The van der Waals surface area contributed by atoms with Gasteiger partial charge in [0.1, 0.15) is 17.2 Å². The van der Waals surface area contributed by atoms with Crippen molar-refractivity contribution in [3.63, 3.8) is 0 Å². The molecule has 1 aromatic rings. The van der Waals surface area contributed by atoms with Crippen molar-refractivity contribution in [1.82, 2.24) is 0 Å². The highest BCUT2D eigenvalue weighted by Gasteiger charge is 2.06. The van der Waals surface area contributed by atoms with Gasteiger partial charge in [-0.3, -0.25) is 0 Å². The SMILES string of the molecule is COCCOc1csc(C(=O)O)c1. The number of methoxy groups -OCH3 is 1. The van der Waals surface area contributed by atoms with E-state index in [0.717, 1.165) is 11.3 Å². The van der Waals surface area contributed by atoms with Gasteiger partial charge in [-0.1, -0.05) is 0 Å². The number of ether oxygens (including phenoxy) is 2. The number of rotatable bonds is 5. The number of hydrogen-bond acceptors (Lipinski definition) is 4. The second kappa shape index (κ2) is 4.84. The average Bonchev–Trinajstić information content (AvgIpc) is 2.53. The average molecular weight is 202 g/mol. The molecule has 0 aliphatic carbocycles. The zero-order valence-corrected chi connectivity index (χ0v) is 7.97. The van der Waals surface area contributed by atoms with Gasteiger partial charge < -0.3 is 14.6 Å². The molecule has 1 aromatic heterocycles. The van der Waals surface area contributed by atoms with Crippen LogP contribution in [0.4, 0.5) is 0 Å². The molecular formula is C8H10O4S. The third-order valence-corrected chi connectivity index (χ3v) is 2.24. The number of carbonyl (C=O) groups is 1. The molecule has 0 saturated carbocycles. The number of thiophene rings is 1. The van der Waals surface area contributed by atoms with E-state index in [0.29, 0.717) is 19.0 Å². The molecule has 1 rings (SSSR count). The lowest BCUT2D eigenvalue weighted by molar-refractivity contribution is 0.0701. The fraction of sp³-hybridized carbons (Fsp3) is 0.375. The van der Waals surface area contributed by atoms with Crippen molar-refractivity contribution >= 4 is 17.3 Å². The Balaban J connectivity index is 2.44. The fourth-order valence-electron chi connectivity index (χ4n) is 0.749. The van der Waals surface area contributed by atoms with Crippen molar-refractivity contribution in [3.05, 3.63) is 16.3 Å². The quantitative estimate of drug-likeness (QED) is 0.734. The number of aromatic carboxylic acids is 1. The van der Waals surface area contributed by atoms with Crippen molar-refractivity contribution in [2.24, 2.45) is 0 Å². The van der Waals surface area contributed by atoms with Gasteiger partial charge in [0.25, 0.3) is 0 Å². The molecule has 1 heterocycles. The predicted molar refractivity (Wildman–Crippen MR) is 48.6 cm³/mol. The van der Waals surface area contributed by atoms with Gasteiger partial charge in [-0.05, 0) is 0 Å². The molecule has 0 aromatic carbocycles. The molecule has 0 aliphatic heterocycles. The predicted octanol–water partition coefficient (Wildman–Crippen LogP) is 1.47. The first-order chi connectivity index (χ1) is 6.24. The Labute approximate surface area is 79.7 Å². The maximum Gasteiger partial charge on any atom is 0.346 e. The summed E-state index contributed by atoms with van der Waals surface area (Å²) in [6.07, 6.45) is 0. The van der Waals surface area contributed by atoms with Crippen LogP contribution in [0.5, 0.6) is 5.75 Å². The van der Waals surface area contributed by atoms with Crippen molar-refractivity contribution in [2.75, 3.05) is 20.3 Å². The van der Waals surface area contributed by atoms with E-state index in [1.165, 1.54) is 6.07 Å². The first-order valence-corrected chi connectivity index (χ1v) is 4.55. The molecule has 4 nitrogen and oxygen atoms in total. The molecule has 0 spiro atoms. The molecule has 13 heavy (non-hydrogen) atoms. The van der Waals surface area contributed by atoms with Crippen molar-refractivity contribution in [2.45, 2.75) is 0 Å². The van der Waals surface area contributed by atoms with Crippen LogP contribution in [0.25, 0.3) is 0 Å². The van der Waals surface area contributed by atoms with Gasteiger partial charge in [-0.15, -0.1) is 11.3 Å². The highest BCUT2D eigenvalue weighted by molar-refractivity contribution is 7.12. The third-order valence-electron chi connectivity index (χ3n) is 1.34. The van der Waals surface area contributed by atoms with Crippen LogP contribution in [0.1, 0.15) is 9.67 Å². The lowest BCUT2D eigenvalue weighted by Gasteiger charge is -2.00. The molecule has 0 radical (unpaired) electrons. The molecule has 0 fully saturated rings. The molecule has 1 N–H and O–H groups in total. The van der Waals surface area contributed by atoms with Gasteiger partial charge in [0.2, 0.25) is 0 Å². The maximum atomic E-state index is 10.5. The summed E-state index contributed by atoms with van der Waals surface area (Å²) in [5, 5.41) is 10.3. The summed E-state index contributed by atoms with van der Waals surface area (Å²) in [6, 6.07) is 1.50. The Kier molecular flexibility index (Phi) is 3.72. The zero-order chi connectivity index (χ0) is 9.68. The molecule has 0 unspecified atom stereocenters. The number of hydrogen-bond donors (Lipinski definition) is 1. The van der Waals surface area contributed by atoms with Gasteiger partial charge in [-0.25, -0.2) is 4.79 Å². The van der Waals surface area contributed by atoms with Crippen LogP contribution in [0.15, 0.2) is 11.4 Å². The van der Waals surface area contributed by atoms with Gasteiger partial charge in [0.15, 0.2) is 0 Å². The van der Waals surface area contributed by atoms with E-state index in [9.17, 15) is 4.79 Å². The van der Waals surface area contributed by atoms with Crippen LogP contribution in [0.2, 0.25) is 0 Å². The highest BCUT2D eigenvalue weighted by Crippen LogP contribution is 2.21. The Hall–Kier alpha value is -1.07. The summed E-state index contributed by atoms with van der Waals surface area (Å²) >= 11 is 1.15. The minimum atomic E-state index is -0.924. The first kappa shape index (κ1) is 10.0. The van der Waals surface area contributed by atoms with Crippen LogP contribution in [0, 0.1) is 0 Å². The lowest BCUT2D eigenvalue weighted by Crippen LogP contribution is -2.03. The summed E-state index contributed by atoms with van der Waals surface area (Å²) in [5.41, 5.74) is 0. The summed E-state index contributed by atoms with van der Waals surface area (Å²) < 4.78 is 9.98. The molecule has 72 valence electrons. The monoisotopic (exact) mass is 202 g/mol. The van der Waals surface area contributed by atoms with Crippen LogP contribution < -0.4 is 4.74 Å². The smallest absolute Gasteiger partial charge is 0.346 e. The molecule has 0 atom stereocenters. The Morgan fingerprint density at radius 2 is 2.38 bits per heavy atom. The fourth-order valence-corrected chi connectivity index (χ4v) is 1.41. The van der Waals surface area contributed by atoms with E-state index in [-0.39, 0.29) is 4.88 Å². The van der Waals surface area contributed by atoms with Crippen molar-refractivity contribution < 1.29 is 19.4 Å². The number of carboxylic acids is 1. The summed E-state index contributed by atoms with van der Waals surface area (Å²) in [5.74, 6) is -0.342. The van der Waals surface area contributed by atoms with Crippen LogP contribution in [-0.2, 0) is 4.74 Å². The van der Waals surface area contributed by atoms with E-state index in [1.54, 1.807) is 12.5 Å². The first-order valence-electron chi connectivity index (χ1n) is 3.67. The normalized spacial score (nSPS) is 9.92. The summed E-state index contributed by atoms with van der Waals surface area (Å²) in [4.78, 5) is 10.8. The second-order valence-electron chi connectivity index (χ2n) is 2.29. The topological polar surface area (TPSA) is 55.8 Å². The molecule has 0 aliphatic rings. The van der Waals surface area contributed by atoms with E-state index in [4.69, 9.17) is 14.6 Å². The zero-order valence-electron chi connectivity index (χ0n) is 7.15. The number of carboxylic acid groups (broad SMARTS) is 1.